The van der Waals surface area contributed by atoms with Gasteiger partial charge in [-0.05, 0) is 70.6 Å². The summed E-state index contributed by atoms with van der Waals surface area (Å²) in [5.74, 6) is 0. The Balaban J connectivity index is 1.29. The predicted molar refractivity (Wildman–Crippen MR) is 127 cm³/mol. The Morgan fingerprint density at radius 3 is 2.53 bits per heavy atom. The summed E-state index contributed by atoms with van der Waals surface area (Å²) >= 11 is 1.83. The molecule has 0 amide bonds. The van der Waals surface area contributed by atoms with Crippen molar-refractivity contribution in [3.63, 3.8) is 0 Å². The molecule has 3 heteroatoms. The van der Waals surface area contributed by atoms with Crippen molar-refractivity contribution in [2.45, 2.75) is 16.2 Å². The van der Waals surface area contributed by atoms with Gasteiger partial charge in [0.15, 0.2) is 0 Å². The fraction of sp³-hybridized carbons (Fsp3) is 0.0741. The van der Waals surface area contributed by atoms with E-state index in [1.54, 1.807) is 0 Å². The average molecular weight is 405 g/mol. The second kappa shape index (κ2) is 6.89. The van der Waals surface area contributed by atoms with E-state index in [0.717, 1.165) is 17.7 Å². The largest absolute Gasteiger partial charge is 0.343 e. The maximum Gasteiger partial charge on any atom is 0.0633 e. The molecular weight excluding hydrogens is 384 g/mol. The van der Waals surface area contributed by atoms with Crippen LogP contribution in [-0.4, -0.2) is 13.3 Å². The molecule has 30 heavy (non-hydrogen) atoms. The van der Waals surface area contributed by atoms with Crippen molar-refractivity contribution < 1.29 is 0 Å². The van der Waals surface area contributed by atoms with E-state index in [-0.39, 0.29) is 0 Å². The lowest BCUT2D eigenvalue weighted by Crippen LogP contribution is -2.14. The summed E-state index contributed by atoms with van der Waals surface area (Å²) < 4.78 is 0. The van der Waals surface area contributed by atoms with Gasteiger partial charge in [0.05, 0.1) is 17.1 Å². The zero-order valence-electron chi connectivity index (χ0n) is 16.7. The van der Waals surface area contributed by atoms with Crippen LogP contribution in [0.25, 0.3) is 11.1 Å². The molecule has 1 aliphatic heterocycles. The number of anilines is 2. The van der Waals surface area contributed by atoms with Crippen molar-refractivity contribution in [3.8, 4) is 11.1 Å². The van der Waals surface area contributed by atoms with E-state index < -0.39 is 0 Å². The van der Waals surface area contributed by atoms with E-state index in [4.69, 9.17) is 4.99 Å². The zero-order chi connectivity index (χ0) is 20.1. The number of benzene rings is 4. The molecular formula is C27H20N2S. The number of rotatable bonds is 2. The molecule has 2 nitrogen and oxygen atoms in total. The number of hydrogen-bond acceptors (Lipinski definition) is 3. The normalized spacial score (nSPS) is 13.7. The Labute approximate surface area is 180 Å². The van der Waals surface area contributed by atoms with Gasteiger partial charge >= 0.3 is 0 Å². The summed E-state index contributed by atoms with van der Waals surface area (Å²) in [6.07, 6.45) is 2.97. The van der Waals surface area contributed by atoms with Crippen LogP contribution in [0.15, 0.2) is 99.7 Å². The quantitative estimate of drug-likeness (QED) is 0.288. The molecule has 2 aliphatic rings. The Hall–Kier alpha value is -3.30. The Kier molecular flexibility index (Phi) is 4.03. The van der Waals surface area contributed by atoms with Crippen LogP contribution < -0.4 is 4.90 Å². The molecule has 0 saturated heterocycles. The van der Waals surface area contributed by atoms with Crippen molar-refractivity contribution >= 4 is 35.0 Å². The van der Waals surface area contributed by atoms with Crippen LogP contribution in [0.1, 0.15) is 16.7 Å². The minimum Gasteiger partial charge on any atom is -0.343 e. The van der Waals surface area contributed by atoms with Crippen LogP contribution in [0.5, 0.6) is 0 Å². The molecule has 6 rings (SSSR count). The average Bonchev–Trinajstić information content (AvgIpc) is 3.16. The predicted octanol–water partition coefficient (Wildman–Crippen LogP) is 7.24. The fourth-order valence-corrected chi connectivity index (χ4v) is 5.52. The first-order valence-electron chi connectivity index (χ1n) is 10.2. The van der Waals surface area contributed by atoms with E-state index in [1.807, 2.05) is 18.0 Å². The van der Waals surface area contributed by atoms with Crippen molar-refractivity contribution in [1.29, 1.82) is 0 Å². The van der Waals surface area contributed by atoms with Gasteiger partial charge in [0, 0.05) is 23.1 Å². The van der Waals surface area contributed by atoms with Gasteiger partial charge in [0.1, 0.15) is 0 Å². The lowest BCUT2D eigenvalue weighted by atomic mass is 10.1. The summed E-state index contributed by atoms with van der Waals surface area (Å²) in [5.41, 5.74) is 10.1. The summed E-state index contributed by atoms with van der Waals surface area (Å²) in [6.45, 7) is 0. The van der Waals surface area contributed by atoms with Gasteiger partial charge in [-0.3, -0.25) is 4.99 Å². The van der Waals surface area contributed by atoms with Gasteiger partial charge < -0.3 is 4.90 Å². The Morgan fingerprint density at radius 2 is 1.57 bits per heavy atom. The lowest BCUT2D eigenvalue weighted by molar-refractivity contribution is 1.11. The van der Waals surface area contributed by atoms with E-state index in [1.165, 1.54) is 43.4 Å². The summed E-state index contributed by atoms with van der Waals surface area (Å²) in [7, 11) is 2.14. The van der Waals surface area contributed by atoms with Gasteiger partial charge in [-0.25, -0.2) is 0 Å². The first-order chi connectivity index (χ1) is 14.8. The molecule has 0 aromatic heterocycles. The van der Waals surface area contributed by atoms with Crippen LogP contribution in [0.4, 0.5) is 17.1 Å². The number of para-hydroxylation sites is 1. The number of nitrogens with zero attached hydrogens (tertiary/aromatic N) is 2. The molecule has 0 unspecified atom stereocenters. The van der Waals surface area contributed by atoms with Crippen molar-refractivity contribution in [3.05, 3.63) is 102 Å². The van der Waals surface area contributed by atoms with E-state index >= 15 is 0 Å². The monoisotopic (exact) mass is 404 g/mol. The minimum absolute atomic E-state index is 0.995. The van der Waals surface area contributed by atoms with Crippen LogP contribution in [-0.2, 0) is 6.42 Å². The fourth-order valence-electron chi connectivity index (χ4n) is 4.39. The van der Waals surface area contributed by atoms with Crippen molar-refractivity contribution in [2.24, 2.45) is 4.99 Å². The third kappa shape index (κ3) is 2.86. The molecule has 0 N–H and O–H groups in total. The molecule has 0 radical (unpaired) electrons. The summed E-state index contributed by atoms with van der Waals surface area (Å²) in [4.78, 5) is 9.63. The molecule has 4 aromatic rings. The molecule has 1 heterocycles. The minimum atomic E-state index is 0.995. The highest BCUT2D eigenvalue weighted by Gasteiger charge is 2.20. The van der Waals surface area contributed by atoms with Crippen LogP contribution in [0, 0.1) is 0 Å². The van der Waals surface area contributed by atoms with E-state index in [0.29, 0.717) is 0 Å². The van der Waals surface area contributed by atoms with Gasteiger partial charge in [0.2, 0.25) is 0 Å². The molecule has 4 aromatic carbocycles. The van der Waals surface area contributed by atoms with Crippen LogP contribution in [0.2, 0.25) is 0 Å². The lowest BCUT2D eigenvalue weighted by Gasteiger charge is -2.29. The molecule has 1 aliphatic carbocycles. The molecule has 0 bridgehead atoms. The maximum atomic E-state index is 4.78. The zero-order valence-corrected chi connectivity index (χ0v) is 17.5. The first-order valence-corrected chi connectivity index (χ1v) is 11.0. The Morgan fingerprint density at radius 1 is 0.767 bits per heavy atom. The van der Waals surface area contributed by atoms with Gasteiger partial charge in [-0.15, -0.1) is 0 Å². The highest BCUT2D eigenvalue weighted by Crippen LogP contribution is 2.47. The second-order valence-electron chi connectivity index (χ2n) is 7.79. The maximum absolute atomic E-state index is 4.78. The van der Waals surface area contributed by atoms with Crippen LogP contribution in [0.3, 0.4) is 0 Å². The molecule has 0 spiro atoms. The standard InChI is InChI=1S/C27H20N2S/c1-29-24-8-4-5-9-26(24)30-27-13-10-18(14-25(27)29)17-28-21-11-12-23-20(16-21)15-19-6-2-3-7-22(19)23/h2-14,16-17H,15H2,1H3. The van der Waals surface area contributed by atoms with Crippen molar-refractivity contribution in [2.75, 3.05) is 11.9 Å². The molecule has 0 fully saturated rings. The summed E-state index contributed by atoms with van der Waals surface area (Å²) in [6, 6.07) is 30.4. The molecule has 0 saturated carbocycles. The van der Waals surface area contributed by atoms with Crippen molar-refractivity contribution in [1.82, 2.24) is 0 Å². The number of fused-ring (bicyclic) bond motifs is 5. The third-order valence-electron chi connectivity index (χ3n) is 5.93. The summed E-state index contributed by atoms with van der Waals surface area (Å²) in [5, 5.41) is 0. The van der Waals surface area contributed by atoms with Gasteiger partial charge in [0.25, 0.3) is 0 Å². The number of aliphatic imine (C=N–C) groups is 1. The van der Waals surface area contributed by atoms with Crippen LogP contribution >= 0.6 is 11.8 Å². The Bertz CT molecular complexity index is 1320. The molecule has 144 valence electrons. The number of hydrogen-bond donors (Lipinski definition) is 0. The third-order valence-corrected chi connectivity index (χ3v) is 7.06. The van der Waals surface area contributed by atoms with Gasteiger partial charge in [-0.1, -0.05) is 60.3 Å². The first kappa shape index (κ1) is 17.5. The topological polar surface area (TPSA) is 15.6 Å². The highest BCUT2D eigenvalue weighted by molar-refractivity contribution is 7.99. The van der Waals surface area contributed by atoms with E-state index in [9.17, 15) is 0 Å². The smallest absolute Gasteiger partial charge is 0.0633 e. The highest BCUT2D eigenvalue weighted by atomic mass is 32.2. The molecule has 0 atom stereocenters. The van der Waals surface area contributed by atoms with Gasteiger partial charge in [-0.2, -0.15) is 0 Å². The SMILES string of the molecule is CN1c2ccccc2Sc2ccc(C=Nc3ccc4c(c3)Cc3ccccc3-4)cc21. The second-order valence-corrected chi connectivity index (χ2v) is 8.87. The van der Waals surface area contributed by atoms with E-state index in [2.05, 4.69) is 96.9 Å².